The number of aromatic nitrogens is 3. The quantitative estimate of drug-likeness (QED) is 0.656. The van der Waals surface area contributed by atoms with Gasteiger partial charge in [-0.2, -0.15) is 5.10 Å². The Balaban J connectivity index is 1.61. The Hall–Kier alpha value is -3.22. The smallest absolute Gasteiger partial charge is 0.254 e. The SMILES string of the molecule is Cc1cccc(CCNC(=O)CCc2c(C)nc3c(C(N)=O)cnn3c2C)c1. The van der Waals surface area contributed by atoms with Crippen LogP contribution in [0.1, 0.15) is 44.9 Å². The van der Waals surface area contributed by atoms with Gasteiger partial charge in [0.25, 0.3) is 5.91 Å². The average Bonchev–Trinajstić information content (AvgIpc) is 3.05. The summed E-state index contributed by atoms with van der Waals surface area (Å²) in [5.74, 6) is -0.549. The molecule has 0 saturated carbocycles. The van der Waals surface area contributed by atoms with E-state index in [2.05, 4.69) is 40.5 Å². The van der Waals surface area contributed by atoms with Crippen molar-refractivity contribution >= 4 is 17.5 Å². The second-order valence-electron chi connectivity index (χ2n) is 7.01. The Morgan fingerprint density at radius 2 is 1.96 bits per heavy atom. The number of nitrogens with zero attached hydrogens (tertiary/aromatic N) is 3. The van der Waals surface area contributed by atoms with Crippen LogP contribution in [0, 0.1) is 20.8 Å². The number of carbonyl (C=O) groups is 2. The van der Waals surface area contributed by atoms with Gasteiger partial charge in [0.15, 0.2) is 5.65 Å². The van der Waals surface area contributed by atoms with Gasteiger partial charge >= 0.3 is 0 Å². The fourth-order valence-corrected chi connectivity index (χ4v) is 3.39. The summed E-state index contributed by atoms with van der Waals surface area (Å²) in [4.78, 5) is 28.2. The molecule has 0 saturated heterocycles. The number of benzene rings is 1. The number of aryl methyl sites for hydroxylation is 3. The molecular formula is C21H25N5O2. The lowest BCUT2D eigenvalue weighted by atomic mass is 10.1. The van der Waals surface area contributed by atoms with E-state index in [1.54, 1.807) is 4.52 Å². The minimum atomic E-state index is -0.554. The highest BCUT2D eigenvalue weighted by Crippen LogP contribution is 2.18. The van der Waals surface area contributed by atoms with Crippen LogP contribution in [0.4, 0.5) is 0 Å². The first-order chi connectivity index (χ1) is 13.4. The van der Waals surface area contributed by atoms with E-state index in [0.717, 1.165) is 23.4 Å². The standard InChI is InChI=1S/C21H25N5O2/c1-13-5-4-6-16(11-13)9-10-23-19(27)8-7-17-14(2)25-21-18(20(22)28)12-24-26(21)15(17)3/h4-6,11-12H,7-10H2,1-3H3,(H2,22,28)(H,23,27). The Bertz CT molecular complexity index is 1040. The molecule has 146 valence electrons. The molecule has 0 spiro atoms. The molecule has 0 atom stereocenters. The number of rotatable bonds is 7. The number of nitrogens with two attached hydrogens (primary N) is 1. The van der Waals surface area contributed by atoms with Crippen molar-refractivity contribution in [1.82, 2.24) is 19.9 Å². The van der Waals surface area contributed by atoms with Crippen LogP contribution in [0.5, 0.6) is 0 Å². The van der Waals surface area contributed by atoms with Gasteiger partial charge in [0.05, 0.1) is 6.20 Å². The molecule has 2 amide bonds. The van der Waals surface area contributed by atoms with Gasteiger partial charge in [-0.15, -0.1) is 0 Å². The lowest BCUT2D eigenvalue weighted by Gasteiger charge is -2.11. The zero-order chi connectivity index (χ0) is 20.3. The summed E-state index contributed by atoms with van der Waals surface area (Å²) < 4.78 is 1.61. The van der Waals surface area contributed by atoms with E-state index in [-0.39, 0.29) is 5.91 Å². The Kier molecular flexibility index (Phi) is 5.73. The van der Waals surface area contributed by atoms with Gasteiger partial charge in [-0.1, -0.05) is 29.8 Å². The van der Waals surface area contributed by atoms with Gasteiger partial charge in [-0.3, -0.25) is 9.59 Å². The zero-order valence-electron chi connectivity index (χ0n) is 16.5. The summed E-state index contributed by atoms with van der Waals surface area (Å²) in [7, 11) is 0. The van der Waals surface area contributed by atoms with Crippen molar-refractivity contribution in [3.05, 3.63) is 64.1 Å². The van der Waals surface area contributed by atoms with Crippen molar-refractivity contribution in [2.45, 2.75) is 40.0 Å². The predicted octanol–water partition coefficient (Wildman–Crippen LogP) is 2.04. The first-order valence-electron chi connectivity index (χ1n) is 9.32. The van der Waals surface area contributed by atoms with E-state index >= 15 is 0 Å². The summed E-state index contributed by atoms with van der Waals surface area (Å²) in [6.45, 7) is 6.45. The van der Waals surface area contributed by atoms with Crippen molar-refractivity contribution in [2.24, 2.45) is 5.73 Å². The molecule has 0 aliphatic rings. The molecule has 0 fully saturated rings. The first-order valence-corrected chi connectivity index (χ1v) is 9.32. The topological polar surface area (TPSA) is 102 Å². The summed E-state index contributed by atoms with van der Waals surface area (Å²) in [5.41, 5.74) is 11.2. The fraction of sp³-hybridized carbons (Fsp3) is 0.333. The molecular weight excluding hydrogens is 354 g/mol. The number of nitrogens with one attached hydrogen (secondary N) is 1. The molecule has 3 rings (SSSR count). The number of hydrogen-bond acceptors (Lipinski definition) is 4. The number of amides is 2. The Morgan fingerprint density at radius 1 is 1.18 bits per heavy atom. The third-order valence-electron chi connectivity index (χ3n) is 4.89. The van der Waals surface area contributed by atoms with Crippen LogP contribution in [0.25, 0.3) is 5.65 Å². The van der Waals surface area contributed by atoms with E-state index in [4.69, 9.17) is 5.73 Å². The van der Waals surface area contributed by atoms with Crippen molar-refractivity contribution in [3.8, 4) is 0 Å². The first kappa shape index (κ1) is 19.5. The molecule has 3 N–H and O–H groups in total. The maximum atomic E-state index is 12.2. The van der Waals surface area contributed by atoms with Crippen molar-refractivity contribution in [3.63, 3.8) is 0 Å². The van der Waals surface area contributed by atoms with Crippen LogP contribution in [0.2, 0.25) is 0 Å². The minimum Gasteiger partial charge on any atom is -0.365 e. The van der Waals surface area contributed by atoms with E-state index in [9.17, 15) is 9.59 Å². The number of hydrogen-bond donors (Lipinski definition) is 2. The Labute approximate surface area is 164 Å². The number of fused-ring (bicyclic) bond motifs is 1. The second kappa shape index (κ2) is 8.21. The third-order valence-corrected chi connectivity index (χ3v) is 4.89. The van der Waals surface area contributed by atoms with Crippen LogP contribution in [0.15, 0.2) is 30.5 Å². The minimum absolute atomic E-state index is 0.00448. The molecule has 2 heterocycles. The van der Waals surface area contributed by atoms with E-state index in [1.165, 1.54) is 17.3 Å². The largest absolute Gasteiger partial charge is 0.365 e. The van der Waals surface area contributed by atoms with E-state index < -0.39 is 5.91 Å². The number of carbonyl (C=O) groups excluding carboxylic acids is 2. The van der Waals surface area contributed by atoms with Crippen LogP contribution < -0.4 is 11.1 Å². The molecule has 0 radical (unpaired) electrons. The van der Waals surface area contributed by atoms with Crippen molar-refractivity contribution in [1.29, 1.82) is 0 Å². The van der Waals surface area contributed by atoms with E-state index in [0.29, 0.717) is 30.6 Å². The van der Waals surface area contributed by atoms with Gasteiger partial charge < -0.3 is 11.1 Å². The zero-order valence-corrected chi connectivity index (χ0v) is 16.5. The summed E-state index contributed by atoms with van der Waals surface area (Å²) in [6, 6.07) is 8.28. The molecule has 2 aromatic heterocycles. The monoisotopic (exact) mass is 379 g/mol. The number of primary amides is 1. The predicted molar refractivity (Wildman–Crippen MR) is 107 cm³/mol. The molecule has 1 aromatic carbocycles. The highest BCUT2D eigenvalue weighted by molar-refractivity contribution is 5.98. The van der Waals surface area contributed by atoms with Crippen molar-refractivity contribution < 1.29 is 9.59 Å². The molecule has 0 bridgehead atoms. The van der Waals surface area contributed by atoms with E-state index in [1.807, 2.05) is 19.9 Å². The van der Waals surface area contributed by atoms with Gasteiger partial charge in [0.1, 0.15) is 5.56 Å². The summed E-state index contributed by atoms with van der Waals surface area (Å²) in [5, 5.41) is 7.18. The molecule has 7 heteroatoms. The van der Waals surface area contributed by atoms with Gasteiger partial charge in [-0.05, 0) is 44.7 Å². The lowest BCUT2D eigenvalue weighted by Crippen LogP contribution is -2.26. The second-order valence-corrected chi connectivity index (χ2v) is 7.01. The molecule has 28 heavy (non-hydrogen) atoms. The van der Waals surface area contributed by atoms with Crippen molar-refractivity contribution in [2.75, 3.05) is 6.54 Å². The normalized spacial score (nSPS) is 11.0. The molecule has 3 aromatic rings. The summed E-state index contributed by atoms with van der Waals surface area (Å²) in [6.07, 6.45) is 3.16. The van der Waals surface area contributed by atoms with Crippen LogP contribution in [0.3, 0.4) is 0 Å². The molecule has 0 aliphatic heterocycles. The van der Waals surface area contributed by atoms with Gasteiger partial charge in [0.2, 0.25) is 5.91 Å². The van der Waals surface area contributed by atoms with Gasteiger partial charge in [0, 0.05) is 24.4 Å². The van der Waals surface area contributed by atoms with Crippen LogP contribution in [-0.2, 0) is 17.6 Å². The summed E-state index contributed by atoms with van der Waals surface area (Å²) >= 11 is 0. The average molecular weight is 379 g/mol. The highest BCUT2D eigenvalue weighted by atomic mass is 16.1. The maximum absolute atomic E-state index is 12.2. The van der Waals surface area contributed by atoms with Gasteiger partial charge in [-0.25, -0.2) is 9.50 Å². The highest BCUT2D eigenvalue weighted by Gasteiger charge is 2.17. The molecule has 0 aliphatic carbocycles. The maximum Gasteiger partial charge on any atom is 0.254 e. The Morgan fingerprint density at radius 3 is 2.68 bits per heavy atom. The molecule has 0 unspecified atom stereocenters. The van der Waals surface area contributed by atoms with Crippen LogP contribution in [-0.4, -0.2) is 33.0 Å². The van der Waals surface area contributed by atoms with Crippen LogP contribution >= 0.6 is 0 Å². The molecule has 7 nitrogen and oxygen atoms in total. The lowest BCUT2D eigenvalue weighted by molar-refractivity contribution is -0.121. The fourth-order valence-electron chi connectivity index (χ4n) is 3.39. The third kappa shape index (κ3) is 4.19.